The average Bonchev–Trinajstić information content (AvgIpc) is 2.74. The summed E-state index contributed by atoms with van der Waals surface area (Å²) >= 11 is 5.59. The normalized spacial score (nSPS) is 22.5. The summed E-state index contributed by atoms with van der Waals surface area (Å²) in [5.74, 6) is -1.19. The molecule has 0 saturated carbocycles. The zero-order chi connectivity index (χ0) is 23.3. The lowest BCUT2D eigenvalue weighted by molar-refractivity contribution is -0.345. The van der Waals surface area contributed by atoms with Crippen LogP contribution in [0.1, 0.15) is 25.7 Å². The van der Waals surface area contributed by atoms with Crippen LogP contribution in [-0.4, -0.2) is 67.6 Å². The molecule has 2 atom stereocenters. The van der Waals surface area contributed by atoms with Gasteiger partial charge in [-0.05, 0) is 37.8 Å². The van der Waals surface area contributed by atoms with E-state index in [0.29, 0.717) is 12.8 Å². The van der Waals surface area contributed by atoms with E-state index in [2.05, 4.69) is 10.1 Å². The van der Waals surface area contributed by atoms with Crippen LogP contribution in [0.4, 0.5) is 17.6 Å². The van der Waals surface area contributed by atoms with E-state index >= 15 is 0 Å². The van der Waals surface area contributed by atoms with Gasteiger partial charge in [-0.2, -0.15) is 0 Å². The number of ether oxygens (including phenoxy) is 3. The van der Waals surface area contributed by atoms with E-state index in [1.807, 2.05) is 0 Å². The molecule has 1 N–H and O–H groups in total. The fraction of sp³-hybridized carbons (Fsp3) is 0.600. The van der Waals surface area contributed by atoms with Crippen molar-refractivity contribution in [1.29, 1.82) is 0 Å². The predicted octanol–water partition coefficient (Wildman–Crippen LogP) is 3.05. The minimum Gasteiger partial charge on any atom is -0.484 e. The van der Waals surface area contributed by atoms with Crippen LogP contribution >= 0.6 is 11.6 Å². The van der Waals surface area contributed by atoms with Crippen molar-refractivity contribution in [3.8, 4) is 5.75 Å². The van der Waals surface area contributed by atoms with Gasteiger partial charge < -0.3 is 19.7 Å². The summed E-state index contributed by atoms with van der Waals surface area (Å²) in [6.45, 7) is 0.130. The van der Waals surface area contributed by atoms with Crippen molar-refractivity contribution >= 4 is 23.4 Å². The molecule has 12 heteroatoms. The number of halogens is 5. The second-order valence-electron chi connectivity index (χ2n) is 7.62. The molecule has 0 bridgehead atoms. The minimum atomic E-state index is -4.68. The van der Waals surface area contributed by atoms with Crippen LogP contribution in [0.15, 0.2) is 18.2 Å². The van der Waals surface area contributed by atoms with Gasteiger partial charge in [-0.3, -0.25) is 14.3 Å². The first kappa shape index (κ1) is 24.5. The standard InChI is InChI=1S/C20H23ClF4N2O5/c21-15-3-2-14(9-16(15)22)30-11-18(28)26-12-1-4-17(31-10-12)19(29)27-7-5-13(6-8-27)32-20(23,24)25/h2-3,9,12-13,17H,1,4-8,10-11H2,(H,26,28)/t12-,17+/m1/s1. The van der Waals surface area contributed by atoms with E-state index in [9.17, 15) is 27.2 Å². The topological polar surface area (TPSA) is 77.1 Å². The molecule has 3 rings (SSSR count). The molecular formula is C20H23ClF4N2O5. The van der Waals surface area contributed by atoms with Gasteiger partial charge in [0.05, 0.1) is 23.8 Å². The molecule has 2 saturated heterocycles. The van der Waals surface area contributed by atoms with Gasteiger partial charge >= 0.3 is 6.36 Å². The molecular weight excluding hydrogens is 460 g/mol. The molecule has 1 aromatic carbocycles. The van der Waals surface area contributed by atoms with Gasteiger partial charge in [0.15, 0.2) is 6.61 Å². The summed E-state index contributed by atoms with van der Waals surface area (Å²) in [7, 11) is 0. The van der Waals surface area contributed by atoms with Gasteiger partial charge in [-0.15, -0.1) is 13.2 Å². The SMILES string of the molecule is O=C(COc1ccc(Cl)c(F)c1)N[C@@H]1CC[C@@H](C(=O)N2CCC(OC(F)(F)F)CC2)OC1. The molecule has 0 aliphatic carbocycles. The Kier molecular flexibility index (Phi) is 8.18. The molecule has 7 nitrogen and oxygen atoms in total. The monoisotopic (exact) mass is 482 g/mol. The molecule has 0 unspecified atom stereocenters. The largest absolute Gasteiger partial charge is 0.522 e. The highest BCUT2D eigenvalue weighted by Crippen LogP contribution is 2.26. The molecule has 0 spiro atoms. The highest BCUT2D eigenvalue weighted by atomic mass is 35.5. The Hall–Kier alpha value is -2.11. The molecule has 32 heavy (non-hydrogen) atoms. The Bertz CT molecular complexity index is 810. The summed E-state index contributed by atoms with van der Waals surface area (Å²) in [5, 5.41) is 2.67. The maximum absolute atomic E-state index is 13.4. The van der Waals surface area contributed by atoms with E-state index in [0.717, 1.165) is 6.07 Å². The number of piperidine rings is 1. The van der Waals surface area contributed by atoms with Crippen LogP contribution < -0.4 is 10.1 Å². The van der Waals surface area contributed by atoms with Crippen LogP contribution in [0.2, 0.25) is 5.02 Å². The number of hydrogen-bond acceptors (Lipinski definition) is 5. The lowest BCUT2D eigenvalue weighted by Crippen LogP contribution is -2.51. The van der Waals surface area contributed by atoms with Gasteiger partial charge in [0.1, 0.15) is 17.7 Å². The number of amides is 2. The van der Waals surface area contributed by atoms with Crippen LogP contribution in [0, 0.1) is 5.82 Å². The number of benzene rings is 1. The highest BCUT2D eigenvalue weighted by Gasteiger charge is 2.37. The van der Waals surface area contributed by atoms with Crippen LogP contribution in [0.5, 0.6) is 5.75 Å². The molecule has 2 fully saturated rings. The van der Waals surface area contributed by atoms with E-state index in [1.54, 1.807) is 0 Å². The number of carbonyl (C=O) groups is 2. The fourth-order valence-electron chi connectivity index (χ4n) is 3.63. The maximum Gasteiger partial charge on any atom is 0.522 e. The molecule has 2 amide bonds. The van der Waals surface area contributed by atoms with Gasteiger partial charge in [0, 0.05) is 19.2 Å². The first-order valence-corrected chi connectivity index (χ1v) is 10.5. The van der Waals surface area contributed by atoms with Crippen molar-refractivity contribution in [2.24, 2.45) is 0 Å². The third-order valence-electron chi connectivity index (χ3n) is 5.23. The Labute approximate surface area is 186 Å². The molecule has 0 aromatic heterocycles. The van der Waals surface area contributed by atoms with Crippen LogP contribution in [0.25, 0.3) is 0 Å². The zero-order valence-corrected chi connectivity index (χ0v) is 17.8. The van der Waals surface area contributed by atoms with Crippen molar-refractivity contribution < 1.29 is 41.4 Å². The predicted molar refractivity (Wildman–Crippen MR) is 105 cm³/mol. The van der Waals surface area contributed by atoms with Gasteiger partial charge in [-0.25, -0.2) is 4.39 Å². The van der Waals surface area contributed by atoms with Crippen molar-refractivity contribution in [2.75, 3.05) is 26.3 Å². The fourth-order valence-corrected chi connectivity index (χ4v) is 3.75. The number of alkyl halides is 3. The summed E-state index contributed by atoms with van der Waals surface area (Å²) in [6, 6.07) is 3.52. The Morgan fingerprint density at radius 3 is 2.50 bits per heavy atom. The van der Waals surface area contributed by atoms with E-state index in [-0.39, 0.29) is 61.9 Å². The number of hydrogen-bond donors (Lipinski definition) is 1. The van der Waals surface area contributed by atoms with E-state index < -0.39 is 30.3 Å². The Balaban J connectivity index is 1.36. The van der Waals surface area contributed by atoms with Crippen molar-refractivity contribution in [3.63, 3.8) is 0 Å². The highest BCUT2D eigenvalue weighted by molar-refractivity contribution is 6.30. The minimum absolute atomic E-state index is 0.0516. The van der Waals surface area contributed by atoms with Crippen LogP contribution in [0.3, 0.4) is 0 Å². The second-order valence-corrected chi connectivity index (χ2v) is 8.02. The summed E-state index contributed by atoms with van der Waals surface area (Å²) in [6.07, 6.45) is -5.26. The quantitative estimate of drug-likeness (QED) is 0.631. The van der Waals surface area contributed by atoms with E-state index in [1.165, 1.54) is 17.0 Å². The Morgan fingerprint density at radius 1 is 1.19 bits per heavy atom. The van der Waals surface area contributed by atoms with Gasteiger partial charge in [-0.1, -0.05) is 11.6 Å². The van der Waals surface area contributed by atoms with Gasteiger partial charge in [0.2, 0.25) is 0 Å². The molecule has 2 aliphatic heterocycles. The summed E-state index contributed by atoms with van der Waals surface area (Å²) in [5.41, 5.74) is 0. The number of nitrogens with one attached hydrogen (secondary N) is 1. The summed E-state index contributed by atoms with van der Waals surface area (Å²) in [4.78, 5) is 26.1. The number of likely N-dealkylation sites (tertiary alicyclic amines) is 1. The third-order valence-corrected chi connectivity index (χ3v) is 5.54. The van der Waals surface area contributed by atoms with Gasteiger partial charge in [0.25, 0.3) is 11.8 Å². The molecule has 1 aromatic rings. The lowest BCUT2D eigenvalue weighted by Gasteiger charge is -2.36. The smallest absolute Gasteiger partial charge is 0.484 e. The van der Waals surface area contributed by atoms with E-state index in [4.69, 9.17) is 21.1 Å². The van der Waals surface area contributed by atoms with Crippen LogP contribution in [-0.2, 0) is 19.1 Å². The first-order valence-electron chi connectivity index (χ1n) is 10.1. The maximum atomic E-state index is 13.4. The third kappa shape index (κ3) is 7.21. The van der Waals surface area contributed by atoms with Crippen molar-refractivity contribution in [1.82, 2.24) is 10.2 Å². The second kappa shape index (κ2) is 10.7. The average molecular weight is 483 g/mol. The zero-order valence-electron chi connectivity index (χ0n) is 17.0. The van der Waals surface area contributed by atoms with Crippen molar-refractivity contribution in [3.05, 3.63) is 29.0 Å². The molecule has 2 aliphatic rings. The number of carbonyl (C=O) groups excluding carboxylic acids is 2. The first-order chi connectivity index (χ1) is 15.1. The molecule has 2 heterocycles. The lowest BCUT2D eigenvalue weighted by atomic mass is 10.0. The number of nitrogens with zero attached hydrogens (tertiary/aromatic N) is 1. The van der Waals surface area contributed by atoms with Crippen molar-refractivity contribution in [2.45, 2.75) is 50.3 Å². The molecule has 178 valence electrons. The summed E-state index contributed by atoms with van der Waals surface area (Å²) < 4.78 is 65.1. The number of rotatable bonds is 6. The molecule has 0 radical (unpaired) electrons. The Morgan fingerprint density at radius 2 is 1.91 bits per heavy atom.